The van der Waals surface area contributed by atoms with Crippen molar-refractivity contribution in [2.24, 2.45) is 0 Å². The predicted molar refractivity (Wildman–Crippen MR) is 87.9 cm³/mol. The van der Waals surface area contributed by atoms with E-state index in [9.17, 15) is 0 Å². The molecule has 0 saturated carbocycles. The highest BCUT2D eigenvalue weighted by Crippen LogP contribution is 2.42. The zero-order valence-corrected chi connectivity index (χ0v) is 13.5. The van der Waals surface area contributed by atoms with E-state index < -0.39 is 0 Å². The molecule has 0 saturated heterocycles. The van der Waals surface area contributed by atoms with Crippen molar-refractivity contribution in [3.8, 4) is 16.9 Å². The van der Waals surface area contributed by atoms with Crippen molar-refractivity contribution in [3.05, 3.63) is 52.6 Å². The van der Waals surface area contributed by atoms with Crippen LogP contribution in [0.4, 0.5) is 0 Å². The normalized spacial score (nSPS) is 17.0. The fourth-order valence-electron chi connectivity index (χ4n) is 3.22. The molecule has 2 heteroatoms. The van der Waals surface area contributed by atoms with Gasteiger partial charge in [0.15, 0.2) is 6.23 Å². The summed E-state index contributed by atoms with van der Waals surface area (Å²) in [6, 6.07) is 11.0. The number of ether oxygens (including phenoxy) is 1. The highest BCUT2D eigenvalue weighted by molar-refractivity contribution is 5.78. The Morgan fingerprint density at radius 3 is 2.33 bits per heavy atom. The largest absolute Gasteiger partial charge is 0.474 e. The van der Waals surface area contributed by atoms with Gasteiger partial charge in [-0.2, -0.15) is 0 Å². The molecule has 0 spiro atoms. The standard InChI is InChI=1S/C19H23NO/c1-12-9-15-11-17(20(4)5)21-19(15)16(10-12)18-13(2)7-6-8-14(18)3/h6-10,17H,11H2,1-5H3. The summed E-state index contributed by atoms with van der Waals surface area (Å²) in [4.78, 5) is 2.14. The van der Waals surface area contributed by atoms with E-state index in [1.165, 1.54) is 33.4 Å². The van der Waals surface area contributed by atoms with Crippen LogP contribution in [0.25, 0.3) is 11.1 Å². The maximum Gasteiger partial charge on any atom is 0.156 e. The summed E-state index contributed by atoms with van der Waals surface area (Å²) < 4.78 is 6.24. The number of nitrogens with zero attached hydrogens (tertiary/aromatic N) is 1. The Morgan fingerprint density at radius 1 is 1.05 bits per heavy atom. The van der Waals surface area contributed by atoms with Crippen molar-refractivity contribution in [1.82, 2.24) is 4.90 Å². The van der Waals surface area contributed by atoms with E-state index in [0.29, 0.717) is 0 Å². The Labute approximate surface area is 127 Å². The third-order valence-electron chi connectivity index (χ3n) is 4.29. The van der Waals surface area contributed by atoms with Crippen molar-refractivity contribution in [2.45, 2.75) is 33.4 Å². The molecule has 0 radical (unpaired) electrons. The number of aryl methyl sites for hydroxylation is 3. The zero-order chi connectivity index (χ0) is 15.1. The van der Waals surface area contributed by atoms with Gasteiger partial charge in [0.25, 0.3) is 0 Å². The van der Waals surface area contributed by atoms with Gasteiger partial charge in [-0.05, 0) is 63.2 Å². The van der Waals surface area contributed by atoms with Gasteiger partial charge < -0.3 is 4.74 Å². The van der Waals surface area contributed by atoms with Gasteiger partial charge in [0, 0.05) is 17.5 Å². The van der Waals surface area contributed by atoms with Crippen LogP contribution in [0.15, 0.2) is 30.3 Å². The molecular weight excluding hydrogens is 258 g/mol. The second-order valence-corrected chi connectivity index (χ2v) is 6.31. The molecule has 0 amide bonds. The van der Waals surface area contributed by atoms with E-state index in [-0.39, 0.29) is 6.23 Å². The molecule has 0 fully saturated rings. The van der Waals surface area contributed by atoms with Crippen LogP contribution in [0.2, 0.25) is 0 Å². The quantitative estimate of drug-likeness (QED) is 0.821. The average Bonchev–Trinajstić information content (AvgIpc) is 2.82. The van der Waals surface area contributed by atoms with E-state index in [2.05, 4.69) is 70.1 Å². The monoisotopic (exact) mass is 281 g/mol. The van der Waals surface area contributed by atoms with Crippen LogP contribution in [0, 0.1) is 20.8 Å². The number of likely N-dealkylation sites (N-methyl/N-ethyl adjacent to an activating group) is 1. The summed E-state index contributed by atoms with van der Waals surface area (Å²) in [6.07, 6.45) is 1.10. The van der Waals surface area contributed by atoms with Gasteiger partial charge in [-0.15, -0.1) is 0 Å². The Balaban J connectivity index is 2.18. The number of rotatable bonds is 2. The van der Waals surface area contributed by atoms with Gasteiger partial charge in [0.2, 0.25) is 0 Å². The maximum atomic E-state index is 6.24. The molecule has 1 unspecified atom stereocenters. The van der Waals surface area contributed by atoms with Crippen molar-refractivity contribution >= 4 is 0 Å². The Kier molecular flexibility index (Phi) is 3.50. The van der Waals surface area contributed by atoms with Gasteiger partial charge in [0.1, 0.15) is 5.75 Å². The van der Waals surface area contributed by atoms with E-state index in [1.54, 1.807) is 0 Å². The first-order valence-corrected chi connectivity index (χ1v) is 7.50. The van der Waals surface area contributed by atoms with Gasteiger partial charge in [0.05, 0.1) is 0 Å². The third-order valence-corrected chi connectivity index (χ3v) is 4.29. The van der Waals surface area contributed by atoms with Crippen LogP contribution < -0.4 is 4.74 Å². The predicted octanol–water partition coefficient (Wildman–Crippen LogP) is 4.10. The first kappa shape index (κ1) is 14.2. The molecule has 21 heavy (non-hydrogen) atoms. The van der Waals surface area contributed by atoms with Gasteiger partial charge in [-0.3, -0.25) is 4.90 Å². The van der Waals surface area contributed by atoms with E-state index in [0.717, 1.165) is 12.2 Å². The van der Waals surface area contributed by atoms with Crippen molar-refractivity contribution in [2.75, 3.05) is 14.1 Å². The molecule has 1 atom stereocenters. The Morgan fingerprint density at radius 2 is 1.71 bits per heavy atom. The first-order valence-electron chi connectivity index (χ1n) is 7.50. The first-order chi connectivity index (χ1) is 9.97. The molecule has 110 valence electrons. The van der Waals surface area contributed by atoms with Crippen molar-refractivity contribution in [3.63, 3.8) is 0 Å². The van der Waals surface area contributed by atoms with Crippen LogP contribution in [-0.4, -0.2) is 25.2 Å². The lowest BCUT2D eigenvalue weighted by Crippen LogP contribution is -2.31. The molecule has 2 aromatic carbocycles. The smallest absolute Gasteiger partial charge is 0.156 e. The molecule has 1 heterocycles. The van der Waals surface area contributed by atoms with Crippen LogP contribution >= 0.6 is 0 Å². The number of hydrogen-bond donors (Lipinski definition) is 0. The summed E-state index contributed by atoms with van der Waals surface area (Å²) in [5.74, 6) is 1.07. The molecule has 1 aliphatic heterocycles. The summed E-state index contributed by atoms with van der Waals surface area (Å²) in [7, 11) is 4.14. The molecule has 0 aromatic heterocycles. The molecule has 0 aliphatic carbocycles. The van der Waals surface area contributed by atoms with Crippen LogP contribution in [-0.2, 0) is 6.42 Å². The maximum absolute atomic E-state index is 6.24. The molecule has 0 N–H and O–H groups in total. The molecule has 2 aromatic rings. The summed E-state index contributed by atoms with van der Waals surface area (Å²) in [6.45, 7) is 6.52. The Hall–Kier alpha value is -1.80. The molecule has 2 nitrogen and oxygen atoms in total. The van der Waals surface area contributed by atoms with E-state index >= 15 is 0 Å². The number of fused-ring (bicyclic) bond motifs is 1. The third kappa shape index (κ3) is 2.44. The fourth-order valence-corrected chi connectivity index (χ4v) is 3.22. The van der Waals surface area contributed by atoms with Crippen LogP contribution in [0.1, 0.15) is 22.3 Å². The van der Waals surface area contributed by atoms with Crippen molar-refractivity contribution < 1.29 is 4.74 Å². The van der Waals surface area contributed by atoms with Crippen LogP contribution in [0.3, 0.4) is 0 Å². The van der Waals surface area contributed by atoms with Crippen LogP contribution in [0.5, 0.6) is 5.75 Å². The Bertz CT molecular complexity index is 668. The topological polar surface area (TPSA) is 12.5 Å². The molecule has 3 rings (SSSR count). The minimum Gasteiger partial charge on any atom is -0.474 e. The summed E-state index contributed by atoms with van der Waals surface area (Å²) >= 11 is 0. The summed E-state index contributed by atoms with van der Waals surface area (Å²) in [5, 5.41) is 0. The second kappa shape index (κ2) is 5.19. The zero-order valence-electron chi connectivity index (χ0n) is 13.5. The minimum atomic E-state index is 0.143. The lowest BCUT2D eigenvalue weighted by molar-refractivity contribution is 0.0866. The lowest BCUT2D eigenvalue weighted by Gasteiger charge is -2.20. The SMILES string of the molecule is Cc1cc2c(c(-c3c(C)cccc3C)c1)OC(N(C)C)C2. The minimum absolute atomic E-state index is 0.143. The van der Waals surface area contributed by atoms with Gasteiger partial charge >= 0.3 is 0 Å². The number of hydrogen-bond acceptors (Lipinski definition) is 2. The lowest BCUT2D eigenvalue weighted by atomic mass is 9.92. The molecule has 0 bridgehead atoms. The highest BCUT2D eigenvalue weighted by atomic mass is 16.5. The molecule has 1 aliphatic rings. The second-order valence-electron chi connectivity index (χ2n) is 6.31. The van der Waals surface area contributed by atoms with Gasteiger partial charge in [-0.1, -0.05) is 24.3 Å². The summed E-state index contributed by atoms with van der Waals surface area (Å²) in [5.41, 5.74) is 7.79. The van der Waals surface area contributed by atoms with E-state index in [4.69, 9.17) is 4.74 Å². The molecular formula is C19H23NO. The average molecular weight is 281 g/mol. The van der Waals surface area contributed by atoms with Gasteiger partial charge in [-0.25, -0.2) is 0 Å². The van der Waals surface area contributed by atoms with E-state index in [1.807, 2.05) is 0 Å². The highest BCUT2D eigenvalue weighted by Gasteiger charge is 2.28. The van der Waals surface area contributed by atoms with Crippen molar-refractivity contribution in [1.29, 1.82) is 0 Å². The number of benzene rings is 2. The fraction of sp³-hybridized carbons (Fsp3) is 0.368.